The summed E-state index contributed by atoms with van der Waals surface area (Å²) in [5, 5.41) is 2.11. The van der Waals surface area contributed by atoms with Gasteiger partial charge in [-0.15, -0.1) is 34.3 Å². The van der Waals surface area contributed by atoms with Gasteiger partial charge in [0.15, 0.2) is 0 Å². The molecule has 0 aliphatic heterocycles. The summed E-state index contributed by atoms with van der Waals surface area (Å²) in [5.74, 6) is 0.146. The molecule has 3 aromatic heterocycles. The molecule has 226 valence electrons. The van der Waals surface area contributed by atoms with Crippen molar-refractivity contribution < 1.29 is 8.78 Å². The largest absolute Gasteiger partial charge is 0.206 e. The van der Waals surface area contributed by atoms with Crippen LogP contribution in [0.25, 0.3) is 63.6 Å². The lowest BCUT2D eigenvalue weighted by Crippen LogP contribution is -1.89. The Kier molecular flexibility index (Phi) is 8.78. The number of hydrogen-bond acceptors (Lipinski definition) is 5. The van der Waals surface area contributed by atoms with Crippen LogP contribution in [0.4, 0.5) is 8.78 Å². The number of unbranched alkanes of at least 4 members (excludes halogenated alkanes) is 1. The zero-order valence-corrected chi connectivity index (χ0v) is 27.8. The lowest BCUT2D eigenvalue weighted by molar-refractivity contribution is 0.628. The van der Waals surface area contributed by atoms with E-state index in [4.69, 9.17) is 20.3 Å². The Bertz CT molecular complexity index is 2000. The van der Waals surface area contributed by atoms with Gasteiger partial charge in [-0.25, -0.2) is 8.78 Å². The molecule has 4 aromatic carbocycles. The highest BCUT2D eigenvalue weighted by atomic mass is 35.5. The topological polar surface area (TPSA) is 25.8 Å². The molecule has 0 saturated heterocycles. The summed E-state index contributed by atoms with van der Waals surface area (Å²) >= 11 is 10.2. The third-order valence-electron chi connectivity index (χ3n) is 8.15. The number of halogens is 3. The predicted molar refractivity (Wildman–Crippen MR) is 190 cm³/mol. The molecule has 2 nitrogen and oxygen atoms in total. The van der Waals surface area contributed by atoms with Gasteiger partial charge in [-0.2, -0.15) is 8.75 Å². The second kappa shape index (κ2) is 13.1. The first kappa shape index (κ1) is 30.2. The van der Waals surface area contributed by atoms with Crippen molar-refractivity contribution in [3.8, 4) is 41.8 Å². The van der Waals surface area contributed by atoms with Gasteiger partial charge < -0.3 is 0 Å². The van der Waals surface area contributed by atoms with Crippen LogP contribution < -0.4 is 0 Å². The summed E-state index contributed by atoms with van der Waals surface area (Å²) in [5.41, 5.74) is 6.84. The van der Waals surface area contributed by atoms with Crippen LogP contribution in [-0.2, 0) is 12.8 Å². The molecular weight excluding hydrogens is 642 g/mol. The molecule has 0 aliphatic rings. The number of nitrogens with zero attached hydrogens (tertiary/aromatic N) is 2. The Hall–Kier alpha value is -3.49. The number of aromatic nitrogens is 2. The molecule has 0 spiro atoms. The SMILES string of the molecule is CCCCc1ccc(-c2ccc(-c3c4ccccc4c(-c4ccc(-c5ccc(CCCCl)cc5F)s4)c4nsnc34)s2)c(F)c1. The molecule has 7 aromatic rings. The lowest BCUT2D eigenvalue weighted by Gasteiger charge is -2.11. The van der Waals surface area contributed by atoms with Gasteiger partial charge in [0.1, 0.15) is 22.7 Å². The number of rotatable bonds is 10. The predicted octanol–water partition coefficient (Wildman–Crippen LogP) is 12.4. The van der Waals surface area contributed by atoms with Gasteiger partial charge in [0.2, 0.25) is 0 Å². The molecule has 0 atom stereocenters. The van der Waals surface area contributed by atoms with Gasteiger partial charge in [0, 0.05) is 47.6 Å². The number of alkyl halides is 1. The Labute approximate surface area is 278 Å². The molecule has 0 saturated carbocycles. The van der Waals surface area contributed by atoms with E-state index in [9.17, 15) is 0 Å². The van der Waals surface area contributed by atoms with Crippen LogP contribution in [0.5, 0.6) is 0 Å². The monoisotopic (exact) mass is 670 g/mol. The maximum Gasteiger partial charge on any atom is 0.132 e. The fourth-order valence-electron chi connectivity index (χ4n) is 5.90. The summed E-state index contributed by atoms with van der Waals surface area (Å²) in [4.78, 5) is 3.77. The summed E-state index contributed by atoms with van der Waals surface area (Å²) in [6, 6.07) is 27.5. The lowest BCUT2D eigenvalue weighted by atomic mass is 9.95. The summed E-state index contributed by atoms with van der Waals surface area (Å²) < 4.78 is 40.0. The fourth-order valence-corrected chi connectivity index (χ4v) is 8.78. The first-order valence-electron chi connectivity index (χ1n) is 15.1. The molecule has 7 rings (SSSR count). The van der Waals surface area contributed by atoms with Crippen LogP contribution in [0.3, 0.4) is 0 Å². The van der Waals surface area contributed by atoms with Crippen LogP contribution >= 0.6 is 46.0 Å². The molecule has 0 aliphatic carbocycles. The van der Waals surface area contributed by atoms with E-state index in [2.05, 4.69) is 31.2 Å². The number of fused-ring (bicyclic) bond motifs is 2. The third kappa shape index (κ3) is 5.83. The van der Waals surface area contributed by atoms with E-state index in [1.807, 2.05) is 48.5 Å². The van der Waals surface area contributed by atoms with Gasteiger partial charge in [-0.1, -0.05) is 61.9 Å². The first-order valence-corrected chi connectivity index (χ1v) is 18.0. The minimum atomic E-state index is -0.225. The van der Waals surface area contributed by atoms with E-state index >= 15 is 8.78 Å². The van der Waals surface area contributed by atoms with Crippen molar-refractivity contribution in [2.75, 3.05) is 5.88 Å². The van der Waals surface area contributed by atoms with Crippen LogP contribution in [0.2, 0.25) is 0 Å². The van der Waals surface area contributed by atoms with Crippen molar-refractivity contribution in [2.45, 2.75) is 39.0 Å². The minimum absolute atomic E-state index is 0.187. The molecule has 0 radical (unpaired) electrons. The number of benzene rings is 4. The van der Waals surface area contributed by atoms with Crippen molar-refractivity contribution >= 4 is 67.8 Å². The average molecular weight is 671 g/mol. The fraction of sp³-hybridized carbons (Fsp3) is 0.189. The standard InChI is InChI=1S/C37H29ClF2N2S3/c1-2-3-7-22-11-13-26(28(39)20-22)30-15-17-32(43-30)34-24-9-4-5-10-25(24)35(37-36(34)41-45-42-37)33-18-16-31(44-33)27-14-12-23(8-6-19-38)21-29(27)40/h4-5,9-18,20-21H,2-3,6-8,19H2,1H3. The molecular formula is C37H29ClF2N2S3. The van der Waals surface area contributed by atoms with E-state index < -0.39 is 0 Å². The second-order valence-electron chi connectivity index (χ2n) is 11.1. The Morgan fingerprint density at radius 1 is 0.622 bits per heavy atom. The van der Waals surface area contributed by atoms with Gasteiger partial charge in [0.05, 0.1) is 11.7 Å². The Balaban J connectivity index is 1.30. The third-order valence-corrected chi connectivity index (χ3v) is 11.2. The van der Waals surface area contributed by atoms with Gasteiger partial charge in [-0.3, -0.25) is 0 Å². The number of hydrogen-bond donors (Lipinski definition) is 0. The molecule has 0 amide bonds. The normalized spacial score (nSPS) is 11.6. The van der Waals surface area contributed by atoms with E-state index in [0.717, 1.165) is 95.7 Å². The highest BCUT2D eigenvalue weighted by Gasteiger charge is 2.22. The maximum absolute atomic E-state index is 15.2. The highest BCUT2D eigenvalue weighted by molar-refractivity contribution is 7.19. The van der Waals surface area contributed by atoms with Gasteiger partial charge >= 0.3 is 0 Å². The molecule has 8 heteroatoms. The molecule has 3 heterocycles. The average Bonchev–Trinajstić information content (AvgIpc) is 3.84. The van der Waals surface area contributed by atoms with Crippen LogP contribution in [0.15, 0.2) is 84.9 Å². The van der Waals surface area contributed by atoms with E-state index in [-0.39, 0.29) is 11.6 Å². The van der Waals surface area contributed by atoms with Crippen molar-refractivity contribution in [1.82, 2.24) is 8.75 Å². The second-order valence-corrected chi connectivity index (χ2v) is 14.2. The number of thiophene rings is 2. The zero-order valence-electron chi connectivity index (χ0n) is 24.6. The Morgan fingerprint density at radius 2 is 1.11 bits per heavy atom. The molecule has 0 bridgehead atoms. The van der Waals surface area contributed by atoms with Crippen molar-refractivity contribution in [1.29, 1.82) is 0 Å². The molecule has 45 heavy (non-hydrogen) atoms. The molecule has 0 N–H and O–H groups in total. The molecule has 0 fully saturated rings. The number of aryl methyl sites for hydroxylation is 2. The van der Waals surface area contributed by atoms with E-state index in [1.54, 1.807) is 34.8 Å². The summed E-state index contributed by atoms with van der Waals surface area (Å²) in [6.45, 7) is 2.15. The smallest absolute Gasteiger partial charge is 0.132 e. The van der Waals surface area contributed by atoms with Crippen molar-refractivity contribution in [2.24, 2.45) is 0 Å². The summed E-state index contributed by atoms with van der Waals surface area (Å²) in [6.07, 6.45) is 4.60. The highest BCUT2D eigenvalue weighted by Crippen LogP contribution is 2.48. The van der Waals surface area contributed by atoms with E-state index in [1.165, 1.54) is 11.7 Å². The maximum atomic E-state index is 15.2. The van der Waals surface area contributed by atoms with Crippen LogP contribution in [0.1, 0.15) is 37.3 Å². The van der Waals surface area contributed by atoms with Gasteiger partial charge in [0.25, 0.3) is 0 Å². The molecule has 0 unspecified atom stereocenters. The summed E-state index contributed by atoms with van der Waals surface area (Å²) in [7, 11) is 0. The van der Waals surface area contributed by atoms with Crippen LogP contribution in [-0.4, -0.2) is 14.6 Å². The van der Waals surface area contributed by atoms with Gasteiger partial charge in [-0.05, 0) is 84.0 Å². The van der Waals surface area contributed by atoms with Crippen molar-refractivity contribution in [3.05, 3.63) is 108 Å². The zero-order chi connectivity index (χ0) is 30.9. The minimum Gasteiger partial charge on any atom is -0.206 e. The van der Waals surface area contributed by atoms with Crippen molar-refractivity contribution in [3.63, 3.8) is 0 Å². The van der Waals surface area contributed by atoms with E-state index in [0.29, 0.717) is 17.0 Å². The Morgan fingerprint density at radius 3 is 1.58 bits per heavy atom. The van der Waals surface area contributed by atoms with Crippen LogP contribution in [0, 0.1) is 11.6 Å². The first-order chi connectivity index (χ1) is 22.1. The quantitative estimate of drug-likeness (QED) is 0.135.